The van der Waals surface area contributed by atoms with Crippen LogP contribution in [-0.2, 0) is 0 Å². The molecule has 1 aromatic carbocycles. The fourth-order valence-corrected chi connectivity index (χ4v) is 5.94. The highest BCUT2D eigenvalue weighted by Gasteiger charge is 2.31. The van der Waals surface area contributed by atoms with Crippen molar-refractivity contribution in [3.05, 3.63) is 52.5 Å². The number of anilines is 1. The van der Waals surface area contributed by atoms with Gasteiger partial charge in [0.25, 0.3) is 0 Å². The molecule has 168 valence electrons. The molecule has 0 radical (unpaired) electrons. The summed E-state index contributed by atoms with van der Waals surface area (Å²) in [6.45, 7) is 3.93. The normalized spacial score (nSPS) is 23.7. The number of nitrogens with one attached hydrogen (secondary N) is 2. The molecule has 1 aromatic heterocycles. The Bertz CT molecular complexity index is 847. The third kappa shape index (κ3) is 5.57. The lowest BCUT2D eigenvalue weighted by atomic mass is 9.88. The van der Waals surface area contributed by atoms with Gasteiger partial charge in [0.2, 0.25) is 0 Å². The van der Waals surface area contributed by atoms with E-state index in [-0.39, 0.29) is 5.82 Å². The van der Waals surface area contributed by atoms with Gasteiger partial charge < -0.3 is 15.5 Å². The lowest BCUT2D eigenvalue weighted by Crippen LogP contribution is -2.50. The van der Waals surface area contributed by atoms with Crippen LogP contribution in [0.4, 0.5) is 10.1 Å². The number of rotatable bonds is 5. The van der Waals surface area contributed by atoms with Crippen molar-refractivity contribution < 1.29 is 4.39 Å². The van der Waals surface area contributed by atoms with Crippen LogP contribution in [0.15, 0.2) is 46.8 Å². The second-order valence-corrected chi connectivity index (χ2v) is 9.66. The van der Waals surface area contributed by atoms with Crippen molar-refractivity contribution in [2.75, 3.05) is 45.2 Å². The highest BCUT2D eigenvalue weighted by molar-refractivity contribution is 7.10. The van der Waals surface area contributed by atoms with Crippen LogP contribution < -0.4 is 15.5 Å². The van der Waals surface area contributed by atoms with E-state index in [0.717, 1.165) is 50.7 Å². The van der Waals surface area contributed by atoms with Gasteiger partial charge in [-0.05, 0) is 74.8 Å². The molecule has 2 unspecified atom stereocenters. The zero-order valence-corrected chi connectivity index (χ0v) is 19.4. The minimum atomic E-state index is -0.170. The Hall–Kier alpha value is -2.12. The number of thiophene rings is 1. The lowest BCUT2D eigenvalue weighted by molar-refractivity contribution is 0.125. The molecule has 31 heavy (non-hydrogen) atoms. The number of nitrogens with zero attached hydrogens (tertiary/aromatic N) is 3. The molecule has 2 fully saturated rings. The fraction of sp³-hybridized carbons (Fsp3) is 0.542. The van der Waals surface area contributed by atoms with Crippen LogP contribution in [0.3, 0.4) is 0 Å². The first-order valence-corrected chi connectivity index (χ1v) is 12.2. The first-order valence-electron chi connectivity index (χ1n) is 11.4. The predicted molar refractivity (Wildman–Crippen MR) is 129 cm³/mol. The first kappa shape index (κ1) is 22.1. The maximum Gasteiger partial charge on any atom is 0.191 e. The van der Waals surface area contributed by atoms with Crippen LogP contribution in [0.25, 0.3) is 0 Å². The molecule has 2 aliphatic rings. The van der Waals surface area contributed by atoms with Gasteiger partial charge in [-0.15, -0.1) is 11.3 Å². The lowest BCUT2D eigenvalue weighted by Gasteiger charge is -2.39. The maximum atomic E-state index is 13.5. The van der Waals surface area contributed by atoms with Gasteiger partial charge in [0.1, 0.15) is 5.82 Å². The van der Waals surface area contributed by atoms with E-state index >= 15 is 0 Å². The summed E-state index contributed by atoms with van der Waals surface area (Å²) in [6.07, 6.45) is 4.51. The number of guanidine groups is 1. The molecular weight excluding hydrogens is 409 g/mol. The monoisotopic (exact) mass is 443 g/mol. The molecule has 0 saturated carbocycles. The third-order valence-electron chi connectivity index (χ3n) is 6.61. The van der Waals surface area contributed by atoms with Crippen molar-refractivity contribution in [3.63, 3.8) is 0 Å². The van der Waals surface area contributed by atoms with E-state index in [4.69, 9.17) is 0 Å². The van der Waals surface area contributed by atoms with Crippen molar-refractivity contribution >= 4 is 23.0 Å². The van der Waals surface area contributed by atoms with Crippen LogP contribution in [0.2, 0.25) is 0 Å². The van der Waals surface area contributed by atoms with E-state index < -0.39 is 0 Å². The van der Waals surface area contributed by atoms with E-state index in [1.807, 2.05) is 24.5 Å². The molecule has 0 spiro atoms. The molecule has 7 heteroatoms. The summed E-state index contributed by atoms with van der Waals surface area (Å²) in [6, 6.07) is 12.2. The number of piperidine rings is 2. The Morgan fingerprint density at radius 3 is 2.71 bits per heavy atom. The van der Waals surface area contributed by atoms with Crippen LogP contribution >= 0.6 is 11.3 Å². The van der Waals surface area contributed by atoms with Gasteiger partial charge in [-0.2, -0.15) is 0 Å². The Labute approximate surface area is 189 Å². The molecule has 2 aromatic rings. The highest BCUT2D eigenvalue weighted by Crippen LogP contribution is 2.36. The van der Waals surface area contributed by atoms with Gasteiger partial charge in [0, 0.05) is 49.3 Å². The predicted octanol–water partition coefficient (Wildman–Crippen LogP) is 4.10. The van der Waals surface area contributed by atoms with E-state index in [9.17, 15) is 4.39 Å². The van der Waals surface area contributed by atoms with Crippen LogP contribution in [0.5, 0.6) is 0 Å². The summed E-state index contributed by atoms with van der Waals surface area (Å²) in [4.78, 5) is 10.7. The summed E-state index contributed by atoms with van der Waals surface area (Å²) < 4.78 is 13.5. The van der Waals surface area contributed by atoms with Gasteiger partial charge in [0.05, 0.1) is 0 Å². The number of hydrogen-bond acceptors (Lipinski definition) is 4. The molecule has 5 nitrogen and oxygen atoms in total. The van der Waals surface area contributed by atoms with Crippen molar-refractivity contribution in [2.45, 2.75) is 37.8 Å². The smallest absolute Gasteiger partial charge is 0.191 e. The van der Waals surface area contributed by atoms with Crippen LogP contribution in [-0.4, -0.2) is 57.2 Å². The Kier molecular flexibility index (Phi) is 7.45. The maximum absolute atomic E-state index is 13.5. The summed E-state index contributed by atoms with van der Waals surface area (Å²) in [7, 11) is 4.09. The Balaban J connectivity index is 1.28. The molecule has 2 saturated heterocycles. The van der Waals surface area contributed by atoms with Gasteiger partial charge in [-0.3, -0.25) is 9.89 Å². The summed E-state index contributed by atoms with van der Waals surface area (Å²) in [5.74, 6) is 1.30. The molecule has 0 bridgehead atoms. The number of benzene rings is 1. The number of likely N-dealkylation sites (tertiary alicyclic amines) is 1. The molecule has 4 rings (SSSR count). The van der Waals surface area contributed by atoms with Crippen LogP contribution in [0.1, 0.15) is 36.6 Å². The molecule has 2 atom stereocenters. The van der Waals surface area contributed by atoms with E-state index in [2.05, 4.69) is 50.0 Å². The topological polar surface area (TPSA) is 42.9 Å². The van der Waals surface area contributed by atoms with Crippen LogP contribution in [0, 0.1) is 11.7 Å². The Morgan fingerprint density at radius 2 is 2.00 bits per heavy atom. The van der Waals surface area contributed by atoms with Gasteiger partial charge in [0.15, 0.2) is 5.96 Å². The molecule has 2 N–H and O–H groups in total. The van der Waals surface area contributed by atoms with Gasteiger partial charge in [-0.25, -0.2) is 4.39 Å². The number of hydrogen-bond donors (Lipinski definition) is 2. The second-order valence-electron chi connectivity index (χ2n) is 8.68. The second kappa shape index (κ2) is 10.5. The quantitative estimate of drug-likeness (QED) is 0.539. The standard InChI is InChI=1S/C24H34FN5S/c1-26-24(27-17-18-6-4-12-29(2)23(18)22-9-5-15-31-22)28-20-10-13-30(14-11-20)21-8-3-7-19(25)16-21/h3,5,7-9,15-16,18,20,23H,4,6,10-14,17H2,1-2H3,(H2,26,27,28). The molecule has 2 aliphatic heterocycles. The number of aliphatic imine (C=N–C) groups is 1. The van der Waals surface area contributed by atoms with Gasteiger partial charge >= 0.3 is 0 Å². The third-order valence-corrected chi connectivity index (χ3v) is 7.55. The number of halogens is 1. The molecular formula is C24H34FN5S. The fourth-order valence-electron chi connectivity index (χ4n) is 4.95. The Morgan fingerprint density at radius 1 is 1.16 bits per heavy atom. The average molecular weight is 444 g/mol. The van der Waals surface area contributed by atoms with Crippen molar-refractivity contribution in [1.29, 1.82) is 0 Å². The zero-order valence-electron chi connectivity index (χ0n) is 18.6. The minimum Gasteiger partial charge on any atom is -0.371 e. The van der Waals surface area contributed by atoms with E-state index in [1.54, 1.807) is 12.1 Å². The summed E-state index contributed by atoms with van der Waals surface area (Å²) >= 11 is 1.86. The van der Waals surface area contributed by atoms with Gasteiger partial charge in [-0.1, -0.05) is 12.1 Å². The largest absolute Gasteiger partial charge is 0.371 e. The average Bonchev–Trinajstić information content (AvgIpc) is 3.31. The molecule has 3 heterocycles. The van der Waals surface area contributed by atoms with Crippen molar-refractivity contribution in [3.8, 4) is 0 Å². The van der Waals surface area contributed by atoms with E-state index in [0.29, 0.717) is 18.0 Å². The van der Waals surface area contributed by atoms with Crippen molar-refractivity contribution in [2.24, 2.45) is 10.9 Å². The summed E-state index contributed by atoms with van der Waals surface area (Å²) in [5, 5.41) is 9.40. The highest BCUT2D eigenvalue weighted by atomic mass is 32.1. The van der Waals surface area contributed by atoms with Crippen molar-refractivity contribution in [1.82, 2.24) is 15.5 Å². The zero-order chi connectivity index (χ0) is 21.6. The first-order chi connectivity index (χ1) is 15.1. The summed E-state index contributed by atoms with van der Waals surface area (Å²) in [5.41, 5.74) is 0.974. The molecule has 0 amide bonds. The SMILES string of the molecule is CN=C(NCC1CCCN(C)C1c1cccs1)NC1CCN(c2cccc(F)c2)CC1. The van der Waals surface area contributed by atoms with E-state index in [1.165, 1.54) is 23.8 Å². The molecule has 0 aliphatic carbocycles. The minimum absolute atomic E-state index is 0.170.